The Morgan fingerprint density at radius 1 is 0.900 bits per heavy atom. The molecule has 0 radical (unpaired) electrons. The maximum absolute atomic E-state index is 12.5. The minimum atomic E-state index is -1.19. The number of nitrogens with one attached hydrogen (secondary N) is 1. The van der Waals surface area contributed by atoms with Crippen molar-refractivity contribution in [3.05, 3.63) is 65.2 Å². The third-order valence-corrected chi connectivity index (χ3v) is 4.78. The molecule has 0 aromatic heterocycles. The molecule has 0 saturated heterocycles. The first-order valence-corrected chi connectivity index (χ1v) is 9.30. The second-order valence-electron chi connectivity index (χ2n) is 6.90. The molecule has 2 aromatic rings. The lowest BCUT2D eigenvalue weighted by Crippen LogP contribution is -2.45. The molecule has 3 rings (SSSR count). The second kappa shape index (κ2) is 8.28. The molecule has 8 heteroatoms. The number of esters is 1. The molecule has 0 aliphatic carbocycles. The van der Waals surface area contributed by atoms with Gasteiger partial charge < -0.3 is 10.1 Å². The molecule has 0 bridgehead atoms. The zero-order valence-electron chi connectivity index (χ0n) is 16.7. The SMILES string of the molecule is CC(=O)c1ccc(NC(=O)[C@H](C)OC(=O)[C@H](C)N2C(=O)c3ccccc3C2=O)cc1. The number of fused-ring (bicyclic) bond motifs is 1. The fraction of sp³-hybridized carbons (Fsp3) is 0.227. The summed E-state index contributed by atoms with van der Waals surface area (Å²) in [5.41, 5.74) is 1.38. The van der Waals surface area contributed by atoms with E-state index in [0.29, 0.717) is 11.3 Å². The van der Waals surface area contributed by atoms with E-state index in [1.54, 1.807) is 36.4 Å². The fourth-order valence-corrected chi connectivity index (χ4v) is 3.02. The highest BCUT2D eigenvalue weighted by atomic mass is 16.5. The normalized spacial score (nSPS) is 14.7. The molecule has 0 spiro atoms. The smallest absolute Gasteiger partial charge is 0.329 e. The van der Waals surface area contributed by atoms with E-state index in [2.05, 4.69) is 5.32 Å². The molecule has 0 fully saturated rings. The number of ether oxygens (including phenoxy) is 1. The molecule has 1 aliphatic heterocycles. The van der Waals surface area contributed by atoms with Crippen molar-refractivity contribution >= 4 is 35.2 Å². The quantitative estimate of drug-likeness (QED) is 0.447. The molecule has 1 N–H and O–H groups in total. The van der Waals surface area contributed by atoms with E-state index < -0.39 is 35.8 Å². The average Bonchev–Trinajstić information content (AvgIpc) is 2.98. The van der Waals surface area contributed by atoms with Gasteiger partial charge in [0, 0.05) is 11.3 Å². The van der Waals surface area contributed by atoms with Crippen molar-refractivity contribution in [1.29, 1.82) is 0 Å². The Kier molecular flexibility index (Phi) is 5.77. The molecular weight excluding hydrogens is 388 g/mol. The van der Waals surface area contributed by atoms with Crippen LogP contribution in [0.15, 0.2) is 48.5 Å². The van der Waals surface area contributed by atoms with Crippen LogP contribution in [0, 0.1) is 0 Å². The van der Waals surface area contributed by atoms with Gasteiger partial charge in [-0.1, -0.05) is 12.1 Å². The summed E-state index contributed by atoms with van der Waals surface area (Å²) < 4.78 is 5.16. The number of hydrogen-bond acceptors (Lipinski definition) is 6. The predicted molar refractivity (Wildman–Crippen MR) is 107 cm³/mol. The molecule has 2 atom stereocenters. The summed E-state index contributed by atoms with van der Waals surface area (Å²) in [7, 11) is 0. The summed E-state index contributed by atoms with van der Waals surface area (Å²) in [6.45, 7) is 4.19. The van der Waals surface area contributed by atoms with Gasteiger partial charge in [-0.25, -0.2) is 4.79 Å². The minimum absolute atomic E-state index is 0.0997. The Hall–Kier alpha value is -3.81. The summed E-state index contributed by atoms with van der Waals surface area (Å²) >= 11 is 0. The van der Waals surface area contributed by atoms with E-state index in [-0.39, 0.29) is 16.9 Å². The molecule has 1 heterocycles. The van der Waals surface area contributed by atoms with Crippen LogP contribution < -0.4 is 5.32 Å². The van der Waals surface area contributed by atoms with Crippen LogP contribution in [-0.2, 0) is 14.3 Å². The van der Waals surface area contributed by atoms with Gasteiger partial charge in [-0.2, -0.15) is 0 Å². The van der Waals surface area contributed by atoms with Gasteiger partial charge in [0.2, 0.25) is 0 Å². The summed E-state index contributed by atoms with van der Waals surface area (Å²) in [6, 6.07) is 11.4. The zero-order valence-corrected chi connectivity index (χ0v) is 16.7. The van der Waals surface area contributed by atoms with Crippen molar-refractivity contribution in [1.82, 2.24) is 4.90 Å². The number of Topliss-reactive ketones (excluding diaryl/α,β-unsaturated/α-hetero) is 1. The summed E-state index contributed by atoms with van der Waals surface area (Å²) in [5.74, 6) is -2.73. The number of carbonyl (C=O) groups excluding carboxylic acids is 5. The number of hydrogen-bond donors (Lipinski definition) is 1. The third-order valence-electron chi connectivity index (χ3n) is 4.78. The summed E-state index contributed by atoms with van der Waals surface area (Å²) in [6.07, 6.45) is -1.16. The van der Waals surface area contributed by atoms with Crippen molar-refractivity contribution in [3.8, 4) is 0 Å². The number of amides is 3. The standard InChI is InChI=1S/C22H20N2O6/c1-12(24-20(27)17-6-4-5-7-18(17)21(24)28)22(29)30-14(3)19(26)23-16-10-8-15(9-11-16)13(2)25/h4-12,14H,1-3H3,(H,23,26)/t12-,14-/m0/s1. The lowest BCUT2D eigenvalue weighted by Gasteiger charge is -2.22. The predicted octanol–water partition coefficient (Wildman–Crippen LogP) is 2.44. The van der Waals surface area contributed by atoms with E-state index in [9.17, 15) is 24.0 Å². The van der Waals surface area contributed by atoms with Gasteiger partial charge in [-0.05, 0) is 57.2 Å². The summed E-state index contributed by atoms with van der Waals surface area (Å²) in [4.78, 5) is 61.9. The first-order valence-electron chi connectivity index (χ1n) is 9.30. The number of rotatable bonds is 6. The van der Waals surface area contributed by atoms with Crippen LogP contribution in [0.2, 0.25) is 0 Å². The number of anilines is 1. The van der Waals surface area contributed by atoms with Crippen LogP contribution in [0.25, 0.3) is 0 Å². The molecule has 2 aromatic carbocycles. The Balaban J connectivity index is 1.62. The maximum Gasteiger partial charge on any atom is 0.329 e. The van der Waals surface area contributed by atoms with E-state index >= 15 is 0 Å². The topological polar surface area (TPSA) is 110 Å². The van der Waals surface area contributed by atoms with Crippen LogP contribution in [-0.4, -0.2) is 46.5 Å². The van der Waals surface area contributed by atoms with Crippen molar-refractivity contribution < 1.29 is 28.7 Å². The summed E-state index contributed by atoms with van der Waals surface area (Å²) in [5, 5.41) is 2.58. The lowest BCUT2D eigenvalue weighted by molar-refractivity contribution is -0.156. The van der Waals surface area contributed by atoms with Crippen molar-refractivity contribution in [2.45, 2.75) is 32.9 Å². The number of nitrogens with zero attached hydrogens (tertiary/aromatic N) is 1. The van der Waals surface area contributed by atoms with Crippen LogP contribution >= 0.6 is 0 Å². The largest absolute Gasteiger partial charge is 0.451 e. The Morgan fingerprint density at radius 2 is 1.43 bits per heavy atom. The highest BCUT2D eigenvalue weighted by molar-refractivity contribution is 6.22. The van der Waals surface area contributed by atoms with Crippen LogP contribution in [0.4, 0.5) is 5.69 Å². The number of ketones is 1. The first kappa shape index (κ1) is 20.9. The van der Waals surface area contributed by atoms with E-state index in [1.807, 2.05) is 0 Å². The molecule has 154 valence electrons. The second-order valence-corrected chi connectivity index (χ2v) is 6.90. The van der Waals surface area contributed by atoms with Crippen LogP contribution in [0.5, 0.6) is 0 Å². The van der Waals surface area contributed by atoms with Crippen molar-refractivity contribution in [2.24, 2.45) is 0 Å². The fourth-order valence-electron chi connectivity index (χ4n) is 3.02. The molecule has 1 aliphatic rings. The van der Waals surface area contributed by atoms with Gasteiger partial charge in [0.25, 0.3) is 17.7 Å². The average molecular weight is 408 g/mol. The molecule has 8 nitrogen and oxygen atoms in total. The van der Waals surface area contributed by atoms with Crippen LogP contribution in [0.1, 0.15) is 51.8 Å². The van der Waals surface area contributed by atoms with Crippen molar-refractivity contribution in [3.63, 3.8) is 0 Å². The van der Waals surface area contributed by atoms with E-state index in [4.69, 9.17) is 4.74 Å². The minimum Gasteiger partial charge on any atom is -0.451 e. The molecule has 0 saturated carbocycles. The lowest BCUT2D eigenvalue weighted by atomic mass is 10.1. The number of carbonyl (C=O) groups is 5. The Morgan fingerprint density at radius 3 is 1.93 bits per heavy atom. The molecule has 0 unspecified atom stereocenters. The van der Waals surface area contributed by atoms with Crippen molar-refractivity contribution in [2.75, 3.05) is 5.32 Å². The molecule has 30 heavy (non-hydrogen) atoms. The van der Waals surface area contributed by atoms with Gasteiger partial charge in [-0.15, -0.1) is 0 Å². The molecule has 3 amide bonds. The monoisotopic (exact) mass is 408 g/mol. The highest BCUT2D eigenvalue weighted by Crippen LogP contribution is 2.25. The highest BCUT2D eigenvalue weighted by Gasteiger charge is 2.41. The molecular formula is C22H20N2O6. The first-order chi connectivity index (χ1) is 14.2. The van der Waals surface area contributed by atoms with Gasteiger partial charge in [0.05, 0.1) is 11.1 Å². The third kappa shape index (κ3) is 3.98. The maximum atomic E-state index is 12.5. The Labute approximate surface area is 172 Å². The van der Waals surface area contributed by atoms with E-state index in [0.717, 1.165) is 4.90 Å². The van der Waals surface area contributed by atoms with Gasteiger partial charge >= 0.3 is 5.97 Å². The zero-order chi connectivity index (χ0) is 22.0. The van der Waals surface area contributed by atoms with Gasteiger partial charge in [-0.3, -0.25) is 24.1 Å². The number of benzene rings is 2. The Bertz CT molecular complexity index is 1010. The van der Waals surface area contributed by atoms with Gasteiger partial charge in [0.15, 0.2) is 11.9 Å². The van der Waals surface area contributed by atoms with Crippen LogP contribution in [0.3, 0.4) is 0 Å². The number of imide groups is 1. The van der Waals surface area contributed by atoms with Gasteiger partial charge in [0.1, 0.15) is 6.04 Å². The van der Waals surface area contributed by atoms with E-state index in [1.165, 1.54) is 32.9 Å².